The second-order valence-corrected chi connectivity index (χ2v) is 9.99. The van der Waals surface area contributed by atoms with E-state index in [-0.39, 0.29) is 41.3 Å². The Balaban J connectivity index is 1.40. The van der Waals surface area contributed by atoms with Crippen molar-refractivity contribution in [3.8, 4) is 11.1 Å². The number of nitrogens with one attached hydrogen (secondary N) is 1. The number of carbonyl (C=O) groups is 2. The van der Waals surface area contributed by atoms with E-state index in [0.29, 0.717) is 29.7 Å². The summed E-state index contributed by atoms with van der Waals surface area (Å²) in [6.45, 7) is 3.22. The van der Waals surface area contributed by atoms with Crippen molar-refractivity contribution >= 4 is 23.2 Å². The number of nitrogen functional groups attached to an aromatic ring is 1. The molecule has 37 heavy (non-hydrogen) atoms. The van der Waals surface area contributed by atoms with E-state index in [1.807, 2.05) is 29.2 Å². The summed E-state index contributed by atoms with van der Waals surface area (Å²) < 4.78 is 1.52. The molecule has 2 fully saturated rings. The van der Waals surface area contributed by atoms with Gasteiger partial charge in [-0.3, -0.25) is 14.7 Å². The number of aliphatic hydroxyl groups excluding tert-OH is 1. The van der Waals surface area contributed by atoms with Crippen LogP contribution in [0, 0.1) is 0 Å². The Morgan fingerprint density at radius 3 is 2.46 bits per heavy atom. The van der Waals surface area contributed by atoms with Gasteiger partial charge in [-0.1, -0.05) is 24.3 Å². The molecule has 5 heterocycles. The highest BCUT2D eigenvalue weighted by Gasteiger charge is 2.46. The molecule has 4 atom stereocenters. The number of nitrogens with zero attached hydrogens (tertiary/aromatic N) is 6. The molecule has 11 heteroatoms. The molecule has 6 rings (SSSR count). The minimum absolute atomic E-state index is 0.0196. The zero-order valence-corrected chi connectivity index (χ0v) is 20.6. The molecular weight excluding hydrogens is 472 g/mol. The first kappa shape index (κ1) is 23.3. The Morgan fingerprint density at radius 1 is 1.16 bits per heavy atom. The molecule has 190 valence electrons. The number of aromatic amines is 1. The number of ketones is 1. The molecular formula is C26H28N8O3. The predicted molar refractivity (Wildman–Crippen MR) is 135 cm³/mol. The highest BCUT2D eigenvalue weighted by Crippen LogP contribution is 2.45. The largest absolute Gasteiger partial charge is 0.389 e. The number of aliphatic hydroxyl groups is 1. The molecule has 1 amide bonds. The van der Waals surface area contributed by atoms with Crippen molar-refractivity contribution in [3.63, 3.8) is 0 Å². The quantitative estimate of drug-likeness (QED) is 0.353. The lowest BCUT2D eigenvalue weighted by molar-refractivity contribution is 0.0556. The average Bonchev–Trinajstić information content (AvgIpc) is 3.62. The van der Waals surface area contributed by atoms with Crippen LogP contribution in [0.4, 0.5) is 5.82 Å². The number of carbonyl (C=O) groups excluding carboxylic acids is 2. The number of fused-ring (bicyclic) bond motifs is 3. The fourth-order valence-electron chi connectivity index (χ4n) is 5.99. The SMILES string of the molecule is CC(=O)c1c([C@H]2C[C@H]3CC[C@@H](C2)N3C(=O)c2nc[nH]n2)nc2c(-c3ccc(C(C)O)cc3)cnn2c1N. The molecule has 0 spiro atoms. The molecule has 4 aromatic rings. The van der Waals surface area contributed by atoms with Crippen LogP contribution in [-0.2, 0) is 0 Å². The first-order chi connectivity index (χ1) is 17.8. The summed E-state index contributed by atoms with van der Waals surface area (Å²) in [5.74, 6) is 0.0905. The number of piperidine rings is 1. The molecule has 11 nitrogen and oxygen atoms in total. The second-order valence-electron chi connectivity index (χ2n) is 9.99. The second kappa shape index (κ2) is 8.77. The van der Waals surface area contributed by atoms with Gasteiger partial charge in [0.1, 0.15) is 12.1 Å². The minimum atomic E-state index is -0.562. The van der Waals surface area contributed by atoms with Crippen LogP contribution in [0.2, 0.25) is 0 Å². The van der Waals surface area contributed by atoms with Crippen molar-refractivity contribution in [1.82, 2.24) is 34.7 Å². The van der Waals surface area contributed by atoms with Gasteiger partial charge in [0.15, 0.2) is 11.4 Å². The molecule has 4 N–H and O–H groups in total. The summed E-state index contributed by atoms with van der Waals surface area (Å²) >= 11 is 0. The molecule has 1 aromatic carbocycles. The van der Waals surface area contributed by atoms with E-state index in [9.17, 15) is 14.7 Å². The first-order valence-electron chi connectivity index (χ1n) is 12.5. The molecule has 0 aliphatic carbocycles. The molecule has 1 unspecified atom stereocenters. The van der Waals surface area contributed by atoms with E-state index in [0.717, 1.165) is 29.5 Å². The van der Waals surface area contributed by atoms with Gasteiger partial charge in [-0.25, -0.2) is 9.97 Å². The van der Waals surface area contributed by atoms with Crippen molar-refractivity contribution in [2.75, 3.05) is 5.73 Å². The predicted octanol–water partition coefficient (Wildman–Crippen LogP) is 2.90. The Hall–Kier alpha value is -4.12. The molecule has 2 saturated heterocycles. The Morgan fingerprint density at radius 2 is 1.86 bits per heavy atom. The summed E-state index contributed by atoms with van der Waals surface area (Å²) in [6, 6.07) is 7.62. The molecule has 3 aromatic heterocycles. The van der Waals surface area contributed by atoms with Crippen LogP contribution in [0.3, 0.4) is 0 Å². The standard InChI is InChI=1S/C26H28N8O3/c1-13(35)15-3-5-16(6-4-15)20-11-30-34-23(27)21(14(2)36)22(31-25(20)34)17-9-18-7-8-19(10-17)33(18)26(37)24-28-12-29-32-24/h3-6,11-13,17-19,35H,7-10,27H2,1-2H3,(H,28,29,32)/t13?,17-,18+,19-. The Kier molecular flexibility index (Phi) is 5.52. The number of benzene rings is 1. The lowest BCUT2D eigenvalue weighted by Gasteiger charge is -2.38. The Bertz CT molecular complexity index is 1480. The molecule has 2 aliphatic heterocycles. The van der Waals surface area contributed by atoms with Gasteiger partial charge in [-0.2, -0.15) is 9.61 Å². The van der Waals surface area contributed by atoms with E-state index >= 15 is 0 Å². The molecule has 2 bridgehead atoms. The maximum atomic E-state index is 13.1. The fourth-order valence-corrected chi connectivity index (χ4v) is 5.99. The number of aromatic nitrogens is 6. The summed E-state index contributed by atoms with van der Waals surface area (Å²) in [5, 5.41) is 20.9. The number of hydrogen-bond donors (Lipinski definition) is 3. The van der Waals surface area contributed by atoms with Crippen LogP contribution in [0.1, 0.15) is 83.8 Å². The lowest BCUT2D eigenvalue weighted by atomic mass is 9.85. The van der Waals surface area contributed by atoms with Crippen LogP contribution in [-0.4, -0.2) is 63.6 Å². The van der Waals surface area contributed by atoms with Crippen molar-refractivity contribution in [2.24, 2.45) is 0 Å². The zero-order valence-electron chi connectivity index (χ0n) is 20.6. The van der Waals surface area contributed by atoms with Gasteiger partial charge in [0.05, 0.1) is 23.6 Å². The minimum Gasteiger partial charge on any atom is -0.389 e. The van der Waals surface area contributed by atoms with Gasteiger partial charge >= 0.3 is 0 Å². The highest BCUT2D eigenvalue weighted by molar-refractivity contribution is 6.00. The normalized spacial score (nSPS) is 21.9. The van der Waals surface area contributed by atoms with E-state index in [1.165, 1.54) is 17.8 Å². The number of Topliss-reactive ketones (excluding diaryl/α,β-unsaturated/α-hetero) is 1. The van der Waals surface area contributed by atoms with Gasteiger partial charge in [-0.05, 0) is 50.7 Å². The number of amides is 1. The third-order valence-electron chi connectivity index (χ3n) is 7.73. The van der Waals surface area contributed by atoms with Crippen LogP contribution >= 0.6 is 0 Å². The van der Waals surface area contributed by atoms with E-state index in [1.54, 1.807) is 13.1 Å². The van der Waals surface area contributed by atoms with Gasteiger partial charge < -0.3 is 15.7 Å². The number of nitrogens with two attached hydrogens (primary N) is 1. The van der Waals surface area contributed by atoms with Crippen molar-refractivity contribution in [1.29, 1.82) is 0 Å². The average molecular weight is 501 g/mol. The highest BCUT2D eigenvalue weighted by atomic mass is 16.3. The number of hydrogen-bond acceptors (Lipinski definition) is 8. The maximum absolute atomic E-state index is 13.1. The van der Waals surface area contributed by atoms with Crippen molar-refractivity contribution in [3.05, 3.63) is 59.4 Å². The van der Waals surface area contributed by atoms with Gasteiger partial charge in [0.25, 0.3) is 5.91 Å². The van der Waals surface area contributed by atoms with Crippen LogP contribution < -0.4 is 5.73 Å². The number of H-pyrrole nitrogens is 1. The molecule has 2 aliphatic rings. The summed E-state index contributed by atoms with van der Waals surface area (Å²) in [5.41, 5.74) is 10.7. The van der Waals surface area contributed by atoms with Crippen molar-refractivity contribution in [2.45, 2.75) is 63.6 Å². The number of anilines is 1. The van der Waals surface area contributed by atoms with Gasteiger partial charge in [-0.15, -0.1) is 5.10 Å². The maximum Gasteiger partial charge on any atom is 0.294 e. The van der Waals surface area contributed by atoms with Crippen molar-refractivity contribution < 1.29 is 14.7 Å². The fraction of sp³-hybridized carbons (Fsp3) is 0.385. The summed E-state index contributed by atoms with van der Waals surface area (Å²) in [7, 11) is 0. The zero-order chi connectivity index (χ0) is 25.8. The first-order valence-corrected chi connectivity index (χ1v) is 12.5. The van der Waals surface area contributed by atoms with Gasteiger partial charge in [0.2, 0.25) is 5.82 Å². The lowest BCUT2D eigenvalue weighted by Crippen LogP contribution is -2.46. The van der Waals surface area contributed by atoms with Gasteiger partial charge in [0, 0.05) is 23.6 Å². The smallest absolute Gasteiger partial charge is 0.294 e. The van der Waals surface area contributed by atoms with Crippen LogP contribution in [0.15, 0.2) is 36.8 Å². The summed E-state index contributed by atoms with van der Waals surface area (Å²) in [4.78, 5) is 36.8. The van der Waals surface area contributed by atoms with Crippen LogP contribution in [0.25, 0.3) is 16.8 Å². The summed E-state index contributed by atoms with van der Waals surface area (Å²) in [6.07, 6.45) is 5.68. The molecule has 0 radical (unpaired) electrons. The van der Waals surface area contributed by atoms with E-state index < -0.39 is 6.10 Å². The monoisotopic (exact) mass is 500 g/mol. The third-order valence-corrected chi connectivity index (χ3v) is 7.73. The Labute approximate surface area is 212 Å². The third kappa shape index (κ3) is 3.77. The van der Waals surface area contributed by atoms with E-state index in [4.69, 9.17) is 10.7 Å². The molecule has 0 saturated carbocycles. The van der Waals surface area contributed by atoms with Crippen LogP contribution in [0.5, 0.6) is 0 Å². The number of rotatable bonds is 5. The van der Waals surface area contributed by atoms with E-state index in [2.05, 4.69) is 20.3 Å². The topological polar surface area (TPSA) is 155 Å².